The third-order valence-corrected chi connectivity index (χ3v) is 0.542. The standard InChI is InChI=1S/C6H8O2.C2H5NO/c1-2-3-4-5-6(7)8;1-2(3)4/h2-5H,1H3,(H,7,8);1H3,(H2,3,4)/b3-2+,5-4+;. The van der Waals surface area contributed by atoms with Crippen LogP contribution in [0.3, 0.4) is 0 Å². The van der Waals surface area contributed by atoms with Gasteiger partial charge in [-0.2, -0.15) is 0 Å². The third-order valence-electron chi connectivity index (χ3n) is 0.542. The lowest BCUT2D eigenvalue weighted by molar-refractivity contribution is -0.131. The van der Waals surface area contributed by atoms with Gasteiger partial charge in [-0.15, -0.1) is 0 Å². The normalized spacial score (nSPS) is 9.50. The maximum absolute atomic E-state index is 9.75. The lowest BCUT2D eigenvalue weighted by atomic mass is 10.4. The number of nitrogens with two attached hydrogens (primary N) is 1. The number of allylic oxidation sites excluding steroid dienone is 3. The van der Waals surface area contributed by atoms with Crippen LogP contribution in [-0.4, -0.2) is 17.0 Å². The highest BCUT2D eigenvalue weighted by Gasteiger charge is 1.78. The highest BCUT2D eigenvalue weighted by atomic mass is 16.4. The van der Waals surface area contributed by atoms with Crippen LogP contribution in [0.15, 0.2) is 24.3 Å². The SMILES string of the molecule is C/C=C/C=C/C(=O)O.CC(N)=O. The molecule has 0 heterocycles. The van der Waals surface area contributed by atoms with Crippen molar-refractivity contribution in [1.82, 2.24) is 0 Å². The van der Waals surface area contributed by atoms with Crippen LogP contribution < -0.4 is 5.73 Å². The monoisotopic (exact) mass is 171 g/mol. The van der Waals surface area contributed by atoms with Gasteiger partial charge < -0.3 is 10.8 Å². The highest BCUT2D eigenvalue weighted by molar-refractivity contribution is 5.80. The van der Waals surface area contributed by atoms with Crippen LogP contribution in [0.5, 0.6) is 0 Å². The Morgan fingerprint density at radius 2 is 1.75 bits per heavy atom. The number of primary amides is 1. The molecule has 0 spiro atoms. The number of carboxylic acid groups (broad SMARTS) is 1. The molecular formula is C8H13NO3. The van der Waals surface area contributed by atoms with Gasteiger partial charge in [-0.1, -0.05) is 18.2 Å². The zero-order valence-corrected chi connectivity index (χ0v) is 7.15. The summed E-state index contributed by atoms with van der Waals surface area (Å²) in [5.74, 6) is -1.25. The van der Waals surface area contributed by atoms with Crippen LogP contribution in [0, 0.1) is 0 Å². The Morgan fingerprint density at radius 3 is 2.00 bits per heavy atom. The molecule has 0 unspecified atom stereocenters. The van der Waals surface area contributed by atoms with Crippen LogP contribution in [0.25, 0.3) is 0 Å². The molecule has 0 atom stereocenters. The molecule has 4 nitrogen and oxygen atoms in total. The Balaban J connectivity index is 0. The zero-order chi connectivity index (χ0) is 9.98. The first-order chi connectivity index (χ1) is 5.50. The van der Waals surface area contributed by atoms with Gasteiger partial charge in [-0.25, -0.2) is 4.79 Å². The number of amides is 1. The summed E-state index contributed by atoms with van der Waals surface area (Å²) in [5.41, 5.74) is 4.47. The van der Waals surface area contributed by atoms with Gasteiger partial charge in [0.25, 0.3) is 0 Å². The average molecular weight is 171 g/mol. The first-order valence-corrected chi connectivity index (χ1v) is 3.29. The number of carbonyl (C=O) groups excluding carboxylic acids is 1. The van der Waals surface area contributed by atoms with Crippen molar-refractivity contribution in [3.8, 4) is 0 Å². The van der Waals surface area contributed by atoms with Crippen molar-refractivity contribution in [2.45, 2.75) is 13.8 Å². The van der Waals surface area contributed by atoms with E-state index in [1.165, 1.54) is 13.0 Å². The minimum atomic E-state index is -0.914. The molecule has 4 heteroatoms. The number of hydrogen-bond acceptors (Lipinski definition) is 2. The van der Waals surface area contributed by atoms with E-state index in [0.717, 1.165) is 6.08 Å². The summed E-state index contributed by atoms with van der Waals surface area (Å²) >= 11 is 0. The number of rotatable bonds is 2. The second-order valence-electron chi connectivity index (χ2n) is 1.83. The van der Waals surface area contributed by atoms with Gasteiger partial charge in [0.05, 0.1) is 0 Å². The average Bonchev–Trinajstić information content (AvgIpc) is 1.86. The third kappa shape index (κ3) is 39.6. The Hall–Kier alpha value is -1.58. The van der Waals surface area contributed by atoms with E-state index in [-0.39, 0.29) is 5.91 Å². The van der Waals surface area contributed by atoms with E-state index < -0.39 is 5.97 Å². The van der Waals surface area contributed by atoms with Crippen LogP contribution in [-0.2, 0) is 9.59 Å². The molecule has 0 saturated carbocycles. The van der Waals surface area contributed by atoms with Crippen molar-refractivity contribution in [2.75, 3.05) is 0 Å². The largest absolute Gasteiger partial charge is 0.478 e. The van der Waals surface area contributed by atoms with Gasteiger partial charge in [0.2, 0.25) is 5.91 Å². The van der Waals surface area contributed by atoms with Crippen molar-refractivity contribution < 1.29 is 14.7 Å². The highest BCUT2D eigenvalue weighted by Crippen LogP contribution is 1.74. The number of hydrogen-bond donors (Lipinski definition) is 2. The van der Waals surface area contributed by atoms with Crippen molar-refractivity contribution in [2.24, 2.45) is 5.73 Å². The lowest BCUT2D eigenvalue weighted by Gasteiger charge is -1.72. The van der Waals surface area contributed by atoms with Gasteiger partial charge in [0.15, 0.2) is 0 Å². The maximum Gasteiger partial charge on any atom is 0.328 e. The molecule has 0 aliphatic rings. The molecule has 3 N–H and O–H groups in total. The summed E-state index contributed by atoms with van der Waals surface area (Å²) in [4.78, 5) is 19.0. The summed E-state index contributed by atoms with van der Waals surface area (Å²) in [7, 11) is 0. The molecule has 0 radical (unpaired) electrons. The van der Waals surface area contributed by atoms with Gasteiger partial charge in [-0.05, 0) is 6.92 Å². The Kier molecular flexibility index (Phi) is 10.2. The van der Waals surface area contributed by atoms with Crippen LogP contribution >= 0.6 is 0 Å². The van der Waals surface area contributed by atoms with Crippen molar-refractivity contribution in [3.05, 3.63) is 24.3 Å². The molecular weight excluding hydrogens is 158 g/mol. The van der Waals surface area contributed by atoms with Crippen LogP contribution in [0.4, 0.5) is 0 Å². The number of carbonyl (C=O) groups is 2. The summed E-state index contributed by atoms with van der Waals surface area (Å²) in [6.07, 6.45) is 5.98. The molecule has 0 aliphatic carbocycles. The Labute approximate surface area is 71.4 Å². The summed E-state index contributed by atoms with van der Waals surface area (Å²) in [5, 5.41) is 8.02. The van der Waals surface area contributed by atoms with Gasteiger partial charge in [0.1, 0.15) is 0 Å². The predicted octanol–water partition coefficient (Wildman–Crippen LogP) is 0.695. The zero-order valence-electron chi connectivity index (χ0n) is 7.15. The molecule has 0 aromatic carbocycles. The molecule has 0 aliphatic heterocycles. The van der Waals surface area contributed by atoms with E-state index >= 15 is 0 Å². The smallest absolute Gasteiger partial charge is 0.328 e. The minimum Gasteiger partial charge on any atom is -0.478 e. The molecule has 0 aromatic rings. The Bertz CT molecular complexity index is 190. The van der Waals surface area contributed by atoms with Crippen LogP contribution in [0.2, 0.25) is 0 Å². The second-order valence-corrected chi connectivity index (χ2v) is 1.83. The van der Waals surface area contributed by atoms with Gasteiger partial charge in [-0.3, -0.25) is 4.79 Å². The Morgan fingerprint density at radius 1 is 1.33 bits per heavy atom. The summed E-state index contributed by atoms with van der Waals surface area (Å²) in [6.45, 7) is 3.13. The molecule has 0 rings (SSSR count). The van der Waals surface area contributed by atoms with E-state index in [9.17, 15) is 9.59 Å². The summed E-state index contributed by atoms with van der Waals surface area (Å²) in [6, 6.07) is 0. The molecule has 12 heavy (non-hydrogen) atoms. The van der Waals surface area contributed by atoms with Gasteiger partial charge >= 0.3 is 5.97 Å². The van der Waals surface area contributed by atoms with Gasteiger partial charge in [0, 0.05) is 13.0 Å². The molecule has 0 bridgehead atoms. The lowest BCUT2D eigenvalue weighted by Crippen LogP contribution is -2.01. The maximum atomic E-state index is 9.75. The topological polar surface area (TPSA) is 80.4 Å². The van der Waals surface area contributed by atoms with Crippen LogP contribution in [0.1, 0.15) is 13.8 Å². The fourth-order valence-electron chi connectivity index (χ4n) is 0.249. The van der Waals surface area contributed by atoms with Crippen molar-refractivity contribution >= 4 is 11.9 Å². The minimum absolute atomic E-state index is 0.333. The van der Waals surface area contributed by atoms with E-state index in [0.29, 0.717) is 0 Å². The molecule has 0 fully saturated rings. The summed E-state index contributed by atoms with van der Waals surface area (Å²) < 4.78 is 0. The first kappa shape index (κ1) is 13.0. The number of carboxylic acids is 1. The molecule has 68 valence electrons. The van der Waals surface area contributed by atoms with E-state index in [2.05, 4.69) is 5.73 Å². The van der Waals surface area contributed by atoms with E-state index in [1.54, 1.807) is 12.2 Å². The molecule has 0 aromatic heterocycles. The molecule has 0 saturated heterocycles. The predicted molar refractivity (Wildman–Crippen MR) is 46.5 cm³/mol. The molecule has 1 amide bonds. The fraction of sp³-hybridized carbons (Fsp3) is 0.250. The quantitative estimate of drug-likeness (QED) is 0.474. The first-order valence-electron chi connectivity index (χ1n) is 3.29. The van der Waals surface area contributed by atoms with E-state index in [1.807, 2.05) is 6.92 Å². The second kappa shape index (κ2) is 9.42. The van der Waals surface area contributed by atoms with Crippen molar-refractivity contribution in [3.63, 3.8) is 0 Å². The fourth-order valence-corrected chi connectivity index (χ4v) is 0.249. The van der Waals surface area contributed by atoms with E-state index in [4.69, 9.17) is 5.11 Å². The number of aliphatic carboxylic acids is 1. The van der Waals surface area contributed by atoms with Crippen molar-refractivity contribution in [1.29, 1.82) is 0 Å².